The second-order valence-electron chi connectivity index (χ2n) is 10.5. The van der Waals surface area contributed by atoms with Gasteiger partial charge in [-0.05, 0) is 25.8 Å². The van der Waals surface area contributed by atoms with Crippen LogP contribution in [0.25, 0.3) is 0 Å². The number of carboxylic acids is 1. The van der Waals surface area contributed by atoms with Gasteiger partial charge in [0.15, 0.2) is 0 Å². The summed E-state index contributed by atoms with van der Waals surface area (Å²) in [5, 5.41) is 9.65. The summed E-state index contributed by atoms with van der Waals surface area (Å²) in [6.07, 6.45) is 7.77. The van der Waals surface area contributed by atoms with Crippen molar-refractivity contribution in [3.05, 3.63) is 47.6 Å². The fourth-order valence-corrected chi connectivity index (χ4v) is 6.50. The van der Waals surface area contributed by atoms with Crippen molar-refractivity contribution in [2.45, 2.75) is 63.4 Å². The molecule has 2 saturated heterocycles. The van der Waals surface area contributed by atoms with Crippen molar-refractivity contribution in [1.29, 1.82) is 0 Å². The van der Waals surface area contributed by atoms with Crippen LogP contribution in [0.4, 0.5) is 0 Å². The summed E-state index contributed by atoms with van der Waals surface area (Å²) in [6.45, 7) is 4.12. The molecule has 0 radical (unpaired) electrons. The van der Waals surface area contributed by atoms with Gasteiger partial charge in [0, 0.05) is 42.1 Å². The smallest absolute Gasteiger partial charge is 0.331 e. The van der Waals surface area contributed by atoms with Gasteiger partial charge in [-0.2, -0.15) is 0 Å². The predicted molar refractivity (Wildman–Crippen MR) is 126 cm³/mol. The molecule has 6 atom stereocenters. The number of esters is 3. The minimum Gasteiger partial charge on any atom is -0.478 e. The number of epoxide rings is 1. The van der Waals surface area contributed by atoms with E-state index in [1.54, 1.807) is 13.0 Å². The molecule has 2 bridgehead atoms. The lowest BCUT2D eigenvalue weighted by atomic mass is 9.51. The maximum Gasteiger partial charge on any atom is 0.331 e. The zero-order chi connectivity index (χ0) is 26.4. The van der Waals surface area contributed by atoms with E-state index in [2.05, 4.69) is 0 Å². The summed E-state index contributed by atoms with van der Waals surface area (Å²) < 4.78 is 29.3. The Kier molecular flexibility index (Phi) is 6.35. The number of ether oxygens (including phenoxy) is 5. The number of allylic oxidation sites excluding steroid dienone is 2. The van der Waals surface area contributed by atoms with E-state index in [0.717, 1.165) is 0 Å². The molecule has 5 aliphatic rings. The maximum absolute atomic E-state index is 12.8. The van der Waals surface area contributed by atoms with Crippen molar-refractivity contribution in [2.75, 3.05) is 19.8 Å². The van der Waals surface area contributed by atoms with Crippen LogP contribution in [0, 0.1) is 10.8 Å². The van der Waals surface area contributed by atoms with Crippen LogP contribution >= 0.6 is 0 Å². The van der Waals surface area contributed by atoms with E-state index in [1.807, 2.05) is 6.92 Å². The van der Waals surface area contributed by atoms with Gasteiger partial charge in [0.1, 0.15) is 18.3 Å². The molecule has 2 spiro atoms. The van der Waals surface area contributed by atoms with Crippen LogP contribution in [-0.2, 0) is 42.9 Å². The monoisotopic (exact) mass is 514 g/mol. The first-order valence-electron chi connectivity index (χ1n) is 12.4. The summed E-state index contributed by atoms with van der Waals surface area (Å²) in [7, 11) is 0. The Bertz CT molecular complexity index is 1140. The average molecular weight is 515 g/mol. The molecular weight excluding hydrogens is 484 g/mol. The average Bonchev–Trinajstić information content (AvgIpc) is 3.62. The Morgan fingerprint density at radius 3 is 2.43 bits per heavy atom. The number of hydrogen-bond donors (Lipinski definition) is 1. The van der Waals surface area contributed by atoms with Crippen LogP contribution in [-0.4, -0.2) is 72.7 Å². The molecule has 5 rings (SSSR count). The fraction of sp³-hybridized carbons (Fsp3) is 0.556. The second-order valence-corrected chi connectivity index (χ2v) is 10.5. The molecule has 0 aromatic rings. The van der Waals surface area contributed by atoms with E-state index >= 15 is 0 Å². The van der Waals surface area contributed by atoms with Crippen molar-refractivity contribution in [1.82, 2.24) is 0 Å². The lowest BCUT2D eigenvalue weighted by molar-refractivity contribution is -0.232. The summed E-state index contributed by atoms with van der Waals surface area (Å²) in [4.78, 5) is 49.2. The lowest BCUT2D eigenvalue weighted by Crippen LogP contribution is -2.67. The molecular formula is C27H30O10. The summed E-state index contributed by atoms with van der Waals surface area (Å²) in [6, 6.07) is 0. The second kappa shape index (κ2) is 9.25. The highest BCUT2D eigenvalue weighted by Gasteiger charge is 2.83. The summed E-state index contributed by atoms with van der Waals surface area (Å²) in [5.74, 6) is -2.77. The Morgan fingerprint density at radius 2 is 1.73 bits per heavy atom. The zero-order valence-electron chi connectivity index (χ0n) is 20.8. The molecule has 0 amide bonds. The van der Waals surface area contributed by atoms with E-state index in [4.69, 9.17) is 23.7 Å². The number of carboxylic acid groups (broad SMARTS) is 1. The Hall–Kier alpha value is -3.24. The van der Waals surface area contributed by atoms with Gasteiger partial charge in [-0.1, -0.05) is 24.6 Å². The van der Waals surface area contributed by atoms with Crippen LogP contribution < -0.4 is 0 Å². The summed E-state index contributed by atoms with van der Waals surface area (Å²) >= 11 is 0. The van der Waals surface area contributed by atoms with E-state index < -0.39 is 58.6 Å². The van der Waals surface area contributed by atoms with Gasteiger partial charge in [-0.15, -0.1) is 0 Å². The molecule has 1 saturated carbocycles. The van der Waals surface area contributed by atoms with E-state index in [-0.39, 0.29) is 25.2 Å². The molecule has 3 fully saturated rings. The molecule has 1 N–H and O–H groups in total. The third-order valence-electron chi connectivity index (χ3n) is 8.70. The van der Waals surface area contributed by atoms with Gasteiger partial charge in [0.25, 0.3) is 0 Å². The van der Waals surface area contributed by atoms with Gasteiger partial charge in [0.2, 0.25) is 0 Å². The molecule has 10 heteroatoms. The van der Waals surface area contributed by atoms with Gasteiger partial charge >= 0.3 is 23.9 Å². The quantitative estimate of drug-likeness (QED) is 0.315. The van der Waals surface area contributed by atoms with Crippen LogP contribution in [0.5, 0.6) is 0 Å². The molecule has 10 nitrogen and oxygen atoms in total. The normalized spacial score (nSPS) is 43.0. The highest BCUT2D eigenvalue weighted by molar-refractivity contribution is 5.87. The number of carbonyl (C=O) groups excluding carboxylic acids is 3. The molecule has 3 heterocycles. The third-order valence-corrected chi connectivity index (χ3v) is 8.70. The highest BCUT2D eigenvalue weighted by Crippen LogP contribution is 2.72. The number of cyclic esters (lactones) is 2. The van der Waals surface area contributed by atoms with Crippen LogP contribution in [0.2, 0.25) is 0 Å². The molecule has 0 unspecified atom stereocenters. The number of rotatable bonds is 1. The fourth-order valence-electron chi connectivity index (χ4n) is 6.50. The van der Waals surface area contributed by atoms with Gasteiger partial charge in [0.05, 0.1) is 30.8 Å². The van der Waals surface area contributed by atoms with Crippen molar-refractivity contribution in [3.63, 3.8) is 0 Å². The molecule has 2 aliphatic carbocycles. The van der Waals surface area contributed by atoms with Gasteiger partial charge in [-0.3, -0.25) is 0 Å². The van der Waals surface area contributed by atoms with Crippen LogP contribution in [0.15, 0.2) is 47.6 Å². The third kappa shape index (κ3) is 4.12. The standard InChI is InChI=1S/C27H30O10/c1-16-8-10-33-21(28)5-3-4-6-22(29)37-18-13-20-27(15-35-27)25(18,2)26(14-34-23(30)11-16)9-7-17(24(31)32)12-19(26)36-20/h3-6,11-12,18-20H,7-10,13-15H2,1-2H3,(H,31,32)/b5-3-,6-4-,16-11-/t18-,19-,20-,25-,26-,27+/m1/s1. The first-order chi connectivity index (χ1) is 17.6. The van der Waals surface area contributed by atoms with Crippen molar-refractivity contribution >= 4 is 23.9 Å². The Labute approximate surface area is 213 Å². The maximum atomic E-state index is 12.8. The number of carbonyl (C=O) groups is 4. The summed E-state index contributed by atoms with van der Waals surface area (Å²) in [5.41, 5.74) is -1.51. The van der Waals surface area contributed by atoms with Gasteiger partial charge < -0.3 is 28.8 Å². The first kappa shape index (κ1) is 25.4. The van der Waals surface area contributed by atoms with E-state index in [1.165, 1.54) is 30.4 Å². The molecule has 198 valence electrons. The molecule has 3 aliphatic heterocycles. The minimum absolute atomic E-state index is 0.0698. The first-order valence-corrected chi connectivity index (χ1v) is 12.4. The van der Waals surface area contributed by atoms with Crippen molar-refractivity contribution in [2.24, 2.45) is 10.8 Å². The number of hydrogen-bond acceptors (Lipinski definition) is 9. The van der Waals surface area contributed by atoms with E-state index in [0.29, 0.717) is 31.4 Å². The Morgan fingerprint density at radius 1 is 1.00 bits per heavy atom. The predicted octanol–water partition coefficient (Wildman–Crippen LogP) is 2.18. The molecule has 37 heavy (non-hydrogen) atoms. The largest absolute Gasteiger partial charge is 0.478 e. The molecule has 0 aromatic heterocycles. The zero-order valence-corrected chi connectivity index (χ0v) is 20.8. The van der Waals surface area contributed by atoms with E-state index in [9.17, 15) is 24.3 Å². The van der Waals surface area contributed by atoms with Crippen LogP contribution in [0.1, 0.15) is 39.5 Å². The van der Waals surface area contributed by atoms with Gasteiger partial charge in [-0.25, -0.2) is 19.2 Å². The minimum atomic E-state index is -1.02. The van der Waals surface area contributed by atoms with Crippen molar-refractivity contribution < 1.29 is 48.0 Å². The topological polar surface area (TPSA) is 138 Å². The van der Waals surface area contributed by atoms with Crippen LogP contribution in [0.3, 0.4) is 0 Å². The van der Waals surface area contributed by atoms with Crippen molar-refractivity contribution in [3.8, 4) is 0 Å². The lowest BCUT2D eigenvalue weighted by Gasteiger charge is -2.58. The SMILES string of the molecule is C/C1=C/C(=O)OC[C@]23CCC(C(=O)O)=C[C@H]2O[C@@H]2C[C@@H](OC(=O)/C=C\C=C/C(=O)OCC1)[C@@]3(C)[C@]21CO1. The Balaban J connectivity index is 1.55. The number of aliphatic carboxylic acids is 1. The molecule has 0 aromatic carbocycles. The highest BCUT2D eigenvalue weighted by atomic mass is 16.6.